The van der Waals surface area contributed by atoms with Gasteiger partial charge in [0.05, 0.1) is 5.92 Å². The highest BCUT2D eigenvalue weighted by Gasteiger charge is 2.48. The van der Waals surface area contributed by atoms with E-state index in [1.54, 1.807) is 12.1 Å². The van der Waals surface area contributed by atoms with Crippen molar-refractivity contribution in [2.24, 2.45) is 23.7 Å². The highest BCUT2D eigenvalue weighted by Crippen LogP contribution is 2.48. The van der Waals surface area contributed by atoms with Gasteiger partial charge in [-0.1, -0.05) is 28.8 Å². The lowest BCUT2D eigenvalue weighted by atomic mass is 9.82. The van der Waals surface area contributed by atoms with Crippen LogP contribution in [0.4, 0.5) is 5.69 Å². The molecule has 1 aromatic carbocycles. The first-order valence-corrected chi connectivity index (χ1v) is 8.54. The summed E-state index contributed by atoms with van der Waals surface area (Å²) >= 11 is 1.28. The van der Waals surface area contributed by atoms with E-state index in [1.165, 1.54) is 11.5 Å². The van der Waals surface area contributed by atoms with Crippen molar-refractivity contribution in [2.45, 2.75) is 6.42 Å². The highest BCUT2D eigenvalue weighted by atomic mass is 32.1. The molecule has 0 spiro atoms. The van der Waals surface area contributed by atoms with Crippen LogP contribution in [-0.4, -0.2) is 21.5 Å². The number of carbonyl (C=O) groups excluding carboxylic acids is 2. The number of nitrogens with one attached hydrogen (secondary N) is 1. The van der Waals surface area contributed by atoms with Crippen LogP contribution in [0.5, 0.6) is 0 Å². The van der Waals surface area contributed by atoms with Crippen molar-refractivity contribution < 1.29 is 14.7 Å². The second-order valence-corrected chi connectivity index (χ2v) is 6.79. The maximum atomic E-state index is 12.6. The van der Waals surface area contributed by atoms with E-state index >= 15 is 0 Å². The average molecular weight is 340 g/mol. The van der Waals surface area contributed by atoms with Crippen molar-refractivity contribution in [3.63, 3.8) is 0 Å². The maximum Gasteiger partial charge on any atom is 0.228 e. The van der Waals surface area contributed by atoms with E-state index in [2.05, 4.69) is 14.9 Å². The second-order valence-electron chi connectivity index (χ2n) is 6.18. The summed E-state index contributed by atoms with van der Waals surface area (Å²) in [5, 5.41) is 20.1. The molecule has 4 rings (SSSR count). The molecule has 2 aliphatic carbocycles. The summed E-state index contributed by atoms with van der Waals surface area (Å²) in [6.07, 6.45) is 4.56. The number of rotatable bonds is 4. The Kier molecular flexibility index (Phi) is 3.65. The number of aromatic nitrogens is 2. The standard InChI is InChI=1S/C17H15N3O3S/c21-16(14-10-1-2-11(7-10)15(14)17(22)23)18-12-5-3-9(4-6-12)13-8-24-20-19-13/h1-6,8,10-11,14-15H,7H2,(H,18,21)(H,22,23)/p-1/t10-,11+,14-,15+/m1/s1. The average Bonchev–Trinajstić information content (AvgIpc) is 3.31. The summed E-state index contributed by atoms with van der Waals surface area (Å²) < 4.78 is 3.82. The quantitative estimate of drug-likeness (QED) is 0.847. The lowest BCUT2D eigenvalue weighted by molar-refractivity contribution is -0.313. The van der Waals surface area contributed by atoms with Crippen LogP contribution >= 0.6 is 11.5 Å². The molecule has 6 nitrogen and oxygen atoms in total. The minimum Gasteiger partial charge on any atom is -0.550 e. The van der Waals surface area contributed by atoms with Crippen molar-refractivity contribution >= 4 is 29.1 Å². The third-order valence-corrected chi connectivity index (χ3v) is 5.35. The second kappa shape index (κ2) is 5.83. The van der Waals surface area contributed by atoms with E-state index < -0.39 is 17.8 Å². The number of allylic oxidation sites excluding steroid dienone is 2. The summed E-state index contributed by atoms with van der Waals surface area (Å²) in [6.45, 7) is 0. The molecule has 0 unspecified atom stereocenters. The van der Waals surface area contributed by atoms with Crippen molar-refractivity contribution in [1.82, 2.24) is 9.59 Å². The fourth-order valence-corrected chi connectivity index (χ4v) is 4.21. The Hall–Kier alpha value is -2.54. The Labute approximate surface area is 142 Å². The molecule has 1 amide bonds. The first-order chi connectivity index (χ1) is 11.6. The number of carboxylic acids is 1. The number of fused-ring (bicyclic) bond motifs is 2. The summed E-state index contributed by atoms with van der Waals surface area (Å²) in [5.74, 6) is -2.80. The SMILES string of the molecule is O=C([O-])[C@@H]1[C@H](C(=O)Nc2ccc(-c3csnn3)cc2)[C@@H]2C=C[C@H]1C2. The monoisotopic (exact) mass is 340 g/mol. The van der Waals surface area contributed by atoms with Gasteiger partial charge in [-0.15, -0.1) is 5.10 Å². The molecular formula is C17H14N3O3S-. The van der Waals surface area contributed by atoms with Gasteiger partial charge in [-0.05, 0) is 41.9 Å². The molecule has 0 aliphatic heterocycles. The topological polar surface area (TPSA) is 95.0 Å². The van der Waals surface area contributed by atoms with Gasteiger partial charge in [-0.3, -0.25) is 4.79 Å². The number of carboxylic acid groups (broad SMARTS) is 1. The number of benzene rings is 1. The van der Waals surface area contributed by atoms with E-state index in [9.17, 15) is 14.7 Å². The fourth-order valence-electron chi connectivity index (χ4n) is 3.74. The van der Waals surface area contributed by atoms with Gasteiger partial charge >= 0.3 is 0 Å². The van der Waals surface area contributed by atoms with Crippen LogP contribution < -0.4 is 10.4 Å². The molecule has 1 aromatic heterocycles. The van der Waals surface area contributed by atoms with Gasteiger partial charge in [0.25, 0.3) is 0 Å². The van der Waals surface area contributed by atoms with E-state index in [1.807, 2.05) is 29.7 Å². The molecule has 1 heterocycles. The van der Waals surface area contributed by atoms with E-state index in [-0.39, 0.29) is 17.7 Å². The van der Waals surface area contributed by atoms with Gasteiger partial charge in [-0.2, -0.15) is 0 Å². The smallest absolute Gasteiger partial charge is 0.228 e. The van der Waals surface area contributed by atoms with Crippen LogP contribution in [0.2, 0.25) is 0 Å². The first kappa shape index (κ1) is 15.0. The highest BCUT2D eigenvalue weighted by molar-refractivity contribution is 7.03. The maximum absolute atomic E-state index is 12.6. The van der Waals surface area contributed by atoms with Crippen LogP contribution in [0.15, 0.2) is 41.8 Å². The van der Waals surface area contributed by atoms with E-state index in [4.69, 9.17) is 0 Å². The molecule has 4 atom stereocenters. The Balaban J connectivity index is 1.50. The van der Waals surface area contributed by atoms with Gasteiger partial charge in [0.15, 0.2) is 0 Å². The lowest BCUT2D eigenvalue weighted by Gasteiger charge is -2.27. The zero-order valence-electron chi connectivity index (χ0n) is 12.6. The molecule has 7 heteroatoms. The number of hydrogen-bond donors (Lipinski definition) is 1. The third-order valence-electron chi connectivity index (χ3n) is 4.84. The first-order valence-electron chi connectivity index (χ1n) is 7.71. The molecular weight excluding hydrogens is 326 g/mol. The molecule has 0 radical (unpaired) electrons. The Morgan fingerprint density at radius 2 is 1.83 bits per heavy atom. The minimum absolute atomic E-state index is 0.0155. The Morgan fingerprint density at radius 3 is 2.46 bits per heavy atom. The molecule has 0 saturated heterocycles. The molecule has 122 valence electrons. The largest absolute Gasteiger partial charge is 0.550 e. The van der Waals surface area contributed by atoms with Crippen LogP contribution in [0.25, 0.3) is 11.3 Å². The van der Waals surface area contributed by atoms with E-state index in [0.29, 0.717) is 12.1 Å². The predicted octanol–water partition coefficient (Wildman–Crippen LogP) is 1.33. The molecule has 1 fully saturated rings. The summed E-state index contributed by atoms with van der Waals surface area (Å²) in [7, 11) is 0. The van der Waals surface area contributed by atoms with Gasteiger partial charge in [0, 0.05) is 28.5 Å². The predicted molar refractivity (Wildman–Crippen MR) is 86.7 cm³/mol. The third kappa shape index (κ3) is 2.50. The summed E-state index contributed by atoms with van der Waals surface area (Å²) in [4.78, 5) is 24.0. The Bertz CT molecular complexity index is 801. The van der Waals surface area contributed by atoms with Gasteiger partial charge in [-0.25, -0.2) is 0 Å². The van der Waals surface area contributed by atoms with Crippen LogP contribution in [0.1, 0.15) is 6.42 Å². The van der Waals surface area contributed by atoms with Gasteiger partial charge < -0.3 is 15.2 Å². The lowest BCUT2D eigenvalue weighted by Crippen LogP contribution is -2.42. The van der Waals surface area contributed by atoms with Crippen molar-refractivity contribution in [3.05, 3.63) is 41.8 Å². The van der Waals surface area contributed by atoms with Crippen LogP contribution in [0, 0.1) is 23.7 Å². The zero-order valence-corrected chi connectivity index (χ0v) is 13.4. The number of carbonyl (C=O) groups is 2. The van der Waals surface area contributed by atoms with Gasteiger partial charge in [0.2, 0.25) is 5.91 Å². The molecule has 1 N–H and O–H groups in total. The number of aliphatic carboxylic acids is 1. The molecule has 24 heavy (non-hydrogen) atoms. The molecule has 2 aromatic rings. The molecule has 1 saturated carbocycles. The van der Waals surface area contributed by atoms with Crippen molar-refractivity contribution in [3.8, 4) is 11.3 Å². The van der Waals surface area contributed by atoms with Crippen LogP contribution in [0.3, 0.4) is 0 Å². The van der Waals surface area contributed by atoms with E-state index in [0.717, 1.165) is 11.3 Å². The summed E-state index contributed by atoms with van der Waals surface area (Å²) in [5.41, 5.74) is 2.33. The van der Waals surface area contributed by atoms with Crippen LogP contribution in [-0.2, 0) is 9.59 Å². The number of nitrogens with zero attached hydrogens (tertiary/aromatic N) is 2. The Morgan fingerprint density at radius 1 is 1.12 bits per heavy atom. The minimum atomic E-state index is -1.14. The number of amides is 1. The zero-order chi connectivity index (χ0) is 16.7. The fraction of sp³-hybridized carbons (Fsp3) is 0.294. The molecule has 2 aliphatic rings. The molecule has 2 bridgehead atoms. The summed E-state index contributed by atoms with van der Waals surface area (Å²) in [6, 6.07) is 7.26. The normalized spacial score (nSPS) is 27.3. The van der Waals surface area contributed by atoms with Crippen molar-refractivity contribution in [2.75, 3.05) is 5.32 Å². The van der Waals surface area contributed by atoms with Crippen molar-refractivity contribution in [1.29, 1.82) is 0 Å². The number of hydrogen-bond acceptors (Lipinski definition) is 6. The van der Waals surface area contributed by atoms with Gasteiger partial charge in [0.1, 0.15) is 5.69 Å². The number of anilines is 1.